The molecule has 0 bridgehead atoms. The number of rotatable bonds is 6. The van der Waals surface area contributed by atoms with Gasteiger partial charge in [-0.1, -0.05) is 0 Å². The van der Waals surface area contributed by atoms with Gasteiger partial charge in [0, 0.05) is 17.8 Å². The van der Waals surface area contributed by atoms with Crippen LogP contribution in [0.3, 0.4) is 0 Å². The second kappa shape index (κ2) is 5.83. The van der Waals surface area contributed by atoms with Crippen molar-refractivity contribution in [2.24, 2.45) is 0 Å². The van der Waals surface area contributed by atoms with E-state index in [1.165, 1.54) is 6.92 Å². The summed E-state index contributed by atoms with van der Waals surface area (Å²) in [7, 11) is 0. The van der Waals surface area contributed by atoms with E-state index in [-0.39, 0.29) is 18.9 Å². The van der Waals surface area contributed by atoms with Gasteiger partial charge in [-0.25, -0.2) is 0 Å². The van der Waals surface area contributed by atoms with Gasteiger partial charge >= 0.3 is 5.97 Å². The fraction of sp³-hybridized carbons (Fsp3) is 0.583. The Morgan fingerprint density at radius 2 is 2.05 bits per heavy atom. The van der Waals surface area contributed by atoms with Crippen LogP contribution in [0, 0.1) is 13.8 Å². The summed E-state index contributed by atoms with van der Waals surface area (Å²) < 4.78 is 0. The first-order valence-electron chi connectivity index (χ1n) is 5.92. The lowest BCUT2D eigenvalue weighted by Crippen LogP contribution is -2.42. The standard InChI is InChI=1S/C12H19N3O4/c1-7-9(8(2)15-14-7)4-10(16)13-6-12(3,19)5-11(17)18/h19H,4-6H2,1-3H3,(H,13,16)(H,14,15)(H,17,18). The largest absolute Gasteiger partial charge is 0.481 e. The summed E-state index contributed by atoms with van der Waals surface area (Å²) in [5.74, 6) is -1.39. The van der Waals surface area contributed by atoms with E-state index < -0.39 is 18.0 Å². The van der Waals surface area contributed by atoms with E-state index in [0.717, 1.165) is 17.0 Å². The number of aromatic nitrogens is 2. The molecule has 0 saturated carbocycles. The number of aryl methyl sites for hydroxylation is 2. The molecule has 1 amide bonds. The van der Waals surface area contributed by atoms with Crippen LogP contribution in [0.4, 0.5) is 0 Å². The van der Waals surface area contributed by atoms with Gasteiger partial charge in [-0.05, 0) is 20.8 Å². The zero-order valence-corrected chi connectivity index (χ0v) is 11.3. The van der Waals surface area contributed by atoms with Crippen molar-refractivity contribution in [1.29, 1.82) is 0 Å². The summed E-state index contributed by atoms with van der Waals surface area (Å²) in [5.41, 5.74) is 0.937. The number of carboxylic acid groups (broad SMARTS) is 1. The zero-order chi connectivity index (χ0) is 14.6. The van der Waals surface area contributed by atoms with E-state index in [2.05, 4.69) is 15.5 Å². The number of aliphatic carboxylic acids is 1. The first kappa shape index (κ1) is 15.2. The molecule has 7 heteroatoms. The summed E-state index contributed by atoms with van der Waals surface area (Å²) in [6.07, 6.45) is -0.269. The van der Waals surface area contributed by atoms with E-state index in [1.807, 2.05) is 6.92 Å². The van der Waals surface area contributed by atoms with Crippen molar-refractivity contribution >= 4 is 11.9 Å². The van der Waals surface area contributed by atoms with Crippen LogP contribution in [-0.4, -0.2) is 44.4 Å². The Morgan fingerprint density at radius 3 is 2.53 bits per heavy atom. The van der Waals surface area contributed by atoms with Gasteiger partial charge in [-0.3, -0.25) is 14.7 Å². The first-order valence-corrected chi connectivity index (χ1v) is 5.92. The Morgan fingerprint density at radius 1 is 1.42 bits per heavy atom. The van der Waals surface area contributed by atoms with Crippen molar-refractivity contribution in [2.75, 3.05) is 6.54 Å². The number of H-pyrrole nitrogens is 1. The molecule has 0 spiro atoms. The molecule has 1 atom stereocenters. The second-order valence-electron chi connectivity index (χ2n) is 4.93. The molecule has 1 rings (SSSR count). The molecule has 0 radical (unpaired) electrons. The number of carbonyl (C=O) groups is 2. The topological polar surface area (TPSA) is 115 Å². The van der Waals surface area contributed by atoms with Gasteiger partial charge in [0.15, 0.2) is 0 Å². The van der Waals surface area contributed by atoms with Crippen molar-refractivity contribution in [3.8, 4) is 0 Å². The predicted molar refractivity (Wildman–Crippen MR) is 67.7 cm³/mol. The monoisotopic (exact) mass is 269 g/mol. The maximum absolute atomic E-state index is 11.7. The second-order valence-corrected chi connectivity index (χ2v) is 4.93. The molecule has 0 fully saturated rings. The molecule has 1 aromatic rings. The molecular formula is C12H19N3O4. The lowest BCUT2D eigenvalue weighted by atomic mass is 10.0. The van der Waals surface area contributed by atoms with Crippen LogP contribution in [0.5, 0.6) is 0 Å². The third kappa shape index (κ3) is 4.70. The van der Waals surface area contributed by atoms with Crippen LogP contribution in [-0.2, 0) is 16.0 Å². The maximum Gasteiger partial charge on any atom is 0.306 e. The van der Waals surface area contributed by atoms with Gasteiger partial charge in [0.1, 0.15) is 0 Å². The normalized spacial score (nSPS) is 13.9. The van der Waals surface area contributed by atoms with E-state index in [4.69, 9.17) is 5.11 Å². The van der Waals surface area contributed by atoms with Crippen LogP contribution in [0.1, 0.15) is 30.3 Å². The summed E-state index contributed by atoms with van der Waals surface area (Å²) >= 11 is 0. The molecule has 1 heterocycles. The highest BCUT2D eigenvalue weighted by molar-refractivity contribution is 5.79. The number of hydrogen-bond acceptors (Lipinski definition) is 4. The van der Waals surface area contributed by atoms with Crippen molar-refractivity contribution in [3.63, 3.8) is 0 Å². The highest BCUT2D eigenvalue weighted by atomic mass is 16.4. The number of nitrogens with zero attached hydrogens (tertiary/aromatic N) is 1. The molecule has 7 nitrogen and oxygen atoms in total. The number of nitrogens with one attached hydrogen (secondary N) is 2. The van der Waals surface area contributed by atoms with Crippen LogP contribution in [0.25, 0.3) is 0 Å². The van der Waals surface area contributed by atoms with Crippen molar-refractivity contribution in [3.05, 3.63) is 17.0 Å². The molecular weight excluding hydrogens is 250 g/mol. The van der Waals surface area contributed by atoms with Crippen molar-refractivity contribution in [2.45, 2.75) is 39.2 Å². The molecule has 1 unspecified atom stereocenters. The minimum absolute atomic E-state index is 0.103. The van der Waals surface area contributed by atoms with E-state index in [1.54, 1.807) is 6.92 Å². The number of hydrogen-bond donors (Lipinski definition) is 4. The summed E-state index contributed by atoms with van der Waals surface area (Å²) in [5, 5.41) is 27.7. The number of carbonyl (C=O) groups excluding carboxylic acids is 1. The smallest absolute Gasteiger partial charge is 0.306 e. The van der Waals surface area contributed by atoms with Crippen LogP contribution < -0.4 is 5.32 Å². The Labute approximate surface area is 111 Å². The molecule has 0 aliphatic heterocycles. The number of amides is 1. The van der Waals surface area contributed by atoms with Crippen molar-refractivity contribution < 1.29 is 19.8 Å². The Kier molecular flexibility index (Phi) is 4.66. The molecule has 0 aliphatic carbocycles. The highest BCUT2D eigenvalue weighted by Crippen LogP contribution is 2.11. The Balaban J connectivity index is 2.51. The van der Waals surface area contributed by atoms with Gasteiger partial charge in [-0.15, -0.1) is 0 Å². The summed E-state index contributed by atoms with van der Waals surface area (Å²) in [4.78, 5) is 22.3. The lowest BCUT2D eigenvalue weighted by molar-refractivity contribution is -0.142. The minimum Gasteiger partial charge on any atom is -0.481 e. The Bertz CT molecular complexity index is 460. The molecule has 106 valence electrons. The van der Waals surface area contributed by atoms with Gasteiger partial charge in [0.25, 0.3) is 0 Å². The SMILES string of the molecule is Cc1n[nH]c(C)c1CC(=O)NCC(C)(O)CC(=O)O. The van der Waals surface area contributed by atoms with Gasteiger partial charge in [0.2, 0.25) is 5.91 Å². The first-order chi connectivity index (χ1) is 8.71. The number of aromatic amines is 1. The summed E-state index contributed by atoms with van der Waals surface area (Å²) in [6.45, 7) is 4.89. The molecule has 0 aliphatic rings. The predicted octanol–water partition coefficient (Wildman–Crippen LogP) is -0.0891. The Hall–Kier alpha value is -1.89. The van der Waals surface area contributed by atoms with Gasteiger partial charge < -0.3 is 15.5 Å². The van der Waals surface area contributed by atoms with Gasteiger partial charge in [0.05, 0.1) is 24.1 Å². The maximum atomic E-state index is 11.7. The zero-order valence-electron chi connectivity index (χ0n) is 11.3. The third-order valence-electron chi connectivity index (χ3n) is 2.82. The number of aliphatic hydroxyl groups is 1. The fourth-order valence-corrected chi connectivity index (χ4v) is 1.73. The molecule has 19 heavy (non-hydrogen) atoms. The molecule has 0 aromatic carbocycles. The molecule has 0 saturated heterocycles. The average molecular weight is 269 g/mol. The quantitative estimate of drug-likeness (QED) is 0.576. The molecule has 4 N–H and O–H groups in total. The van der Waals surface area contributed by atoms with Gasteiger partial charge in [-0.2, -0.15) is 5.10 Å². The minimum atomic E-state index is -1.46. The van der Waals surface area contributed by atoms with Crippen LogP contribution >= 0.6 is 0 Å². The highest BCUT2D eigenvalue weighted by Gasteiger charge is 2.25. The third-order valence-corrected chi connectivity index (χ3v) is 2.82. The van der Waals surface area contributed by atoms with Crippen molar-refractivity contribution in [1.82, 2.24) is 15.5 Å². The van der Waals surface area contributed by atoms with Crippen LogP contribution in [0.15, 0.2) is 0 Å². The molecule has 1 aromatic heterocycles. The van der Waals surface area contributed by atoms with E-state index >= 15 is 0 Å². The van der Waals surface area contributed by atoms with E-state index in [0.29, 0.717) is 0 Å². The average Bonchev–Trinajstić information content (AvgIpc) is 2.57. The fourth-order valence-electron chi connectivity index (χ4n) is 1.73. The number of carboxylic acids is 1. The summed E-state index contributed by atoms with van der Waals surface area (Å²) in [6, 6.07) is 0. The van der Waals surface area contributed by atoms with Crippen LogP contribution in [0.2, 0.25) is 0 Å². The van der Waals surface area contributed by atoms with E-state index in [9.17, 15) is 14.7 Å². The lowest BCUT2D eigenvalue weighted by Gasteiger charge is -2.21.